The van der Waals surface area contributed by atoms with Crippen molar-refractivity contribution in [3.8, 4) is 0 Å². The molecule has 0 aromatic carbocycles. The minimum absolute atomic E-state index is 0.114. The van der Waals surface area contributed by atoms with E-state index < -0.39 is 48.5 Å². The number of allylic oxidation sites excluding steroid dienone is 8. The third kappa shape index (κ3) is 8.27. The van der Waals surface area contributed by atoms with Gasteiger partial charge in [-0.15, -0.1) is 0 Å². The minimum Gasteiger partial charge on any atom is -0.365 e. The van der Waals surface area contributed by atoms with E-state index in [9.17, 15) is 26.4 Å². The normalized spacial score (nSPS) is 19.5. The van der Waals surface area contributed by atoms with Crippen molar-refractivity contribution in [1.82, 2.24) is 4.90 Å². The first-order valence-corrected chi connectivity index (χ1v) is 18.2. The number of hydrogen-bond donors (Lipinski definition) is 3. The van der Waals surface area contributed by atoms with Crippen LogP contribution in [0.5, 0.6) is 0 Å². The Labute approximate surface area is 275 Å². The summed E-state index contributed by atoms with van der Waals surface area (Å²) in [6, 6.07) is 1.69. The number of Topliss-reactive ketones (excluding diaryl/α,β-unsaturated/α-hetero) is 1. The van der Waals surface area contributed by atoms with Crippen molar-refractivity contribution >= 4 is 49.3 Å². The van der Waals surface area contributed by atoms with Crippen molar-refractivity contribution in [3.63, 3.8) is 0 Å². The van der Waals surface area contributed by atoms with E-state index in [1.165, 1.54) is 13.1 Å². The van der Waals surface area contributed by atoms with Crippen LogP contribution in [0.25, 0.3) is 0 Å². The average molecular weight is 687 g/mol. The van der Waals surface area contributed by atoms with Gasteiger partial charge in [0, 0.05) is 35.7 Å². The molecule has 4 rings (SSSR count). The Balaban J connectivity index is 1.57. The van der Waals surface area contributed by atoms with E-state index in [2.05, 4.69) is 0 Å². The molecule has 4 N–H and O–H groups in total. The number of carbonyl (C=O) groups is 2. The van der Waals surface area contributed by atoms with Crippen molar-refractivity contribution in [1.29, 1.82) is 0 Å². The Morgan fingerprint density at radius 3 is 2.26 bits per heavy atom. The zero-order valence-corrected chi connectivity index (χ0v) is 28.6. The molecule has 1 aromatic rings. The van der Waals surface area contributed by atoms with Crippen LogP contribution in [0.3, 0.4) is 0 Å². The van der Waals surface area contributed by atoms with Gasteiger partial charge in [-0.1, -0.05) is 32.1 Å². The Morgan fingerprint density at radius 2 is 1.64 bits per heavy atom. The zero-order chi connectivity index (χ0) is 34.9. The lowest BCUT2D eigenvalue weighted by atomic mass is 9.80. The van der Waals surface area contributed by atoms with Crippen molar-refractivity contribution in [2.45, 2.75) is 59.4 Å². The van der Waals surface area contributed by atoms with Gasteiger partial charge in [0.1, 0.15) is 12.0 Å². The van der Waals surface area contributed by atoms with Gasteiger partial charge in [-0.05, 0) is 56.5 Å². The molecule has 0 aliphatic carbocycles. The molecule has 1 aromatic heterocycles. The van der Waals surface area contributed by atoms with Crippen LogP contribution in [-0.2, 0) is 37.0 Å². The van der Waals surface area contributed by atoms with Crippen molar-refractivity contribution in [2.24, 2.45) is 21.1 Å². The molecular weight excluding hydrogens is 647 g/mol. The molecule has 4 heterocycles. The van der Waals surface area contributed by atoms with Gasteiger partial charge < -0.3 is 10.6 Å². The smallest absolute Gasteiger partial charge is 0.327 e. The highest BCUT2D eigenvalue weighted by Crippen LogP contribution is 2.45. The number of hydrogen-bond acceptors (Lipinski definition) is 9. The second kappa shape index (κ2) is 13.2. The molecular formula is C32H40N5O8S2+. The number of aryl methyl sites for hydroxylation is 1. The van der Waals surface area contributed by atoms with Crippen LogP contribution in [0.15, 0.2) is 81.7 Å². The highest BCUT2D eigenvalue weighted by atomic mass is 32.2. The summed E-state index contributed by atoms with van der Waals surface area (Å²) in [5.74, 6) is -0.422. The van der Waals surface area contributed by atoms with E-state index in [4.69, 9.17) is 24.8 Å². The number of rotatable bonds is 13. The van der Waals surface area contributed by atoms with Gasteiger partial charge in [-0.25, -0.2) is 9.56 Å². The van der Waals surface area contributed by atoms with Crippen LogP contribution in [-0.4, -0.2) is 72.1 Å². The molecule has 0 spiro atoms. The second-order valence-corrected chi connectivity index (χ2v) is 15.8. The van der Waals surface area contributed by atoms with E-state index in [0.717, 1.165) is 16.8 Å². The molecule has 0 bridgehead atoms. The number of carbonyl (C=O) groups excluding carboxylic acids is 2. The number of pyridine rings is 1. The summed E-state index contributed by atoms with van der Waals surface area (Å²) >= 11 is 0. The maximum Gasteiger partial charge on any atom is 0.327 e. The third-order valence-corrected chi connectivity index (χ3v) is 9.93. The maximum absolute atomic E-state index is 12.3. The second-order valence-electron chi connectivity index (χ2n) is 12.7. The van der Waals surface area contributed by atoms with Gasteiger partial charge in [-0.2, -0.15) is 16.8 Å². The number of nitrogens with two attached hydrogens (primary N) is 1. The van der Waals surface area contributed by atoms with Crippen LogP contribution >= 0.6 is 0 Å². The van der Waals surface area contributed by atoms with Gasteiger partial charge >= 0.3 is 5.82 Å². The molecule has 13 nitrogen and oxygen atoms in total. The topological polar surface area (TPSA) is 201 Å². The fourth-order valence-corrected chi connectivity index (χ4v) is 6.57. The molecule has 0 unspecified atom stereocenters. The summed E-state index contributed by atoms with van der Waals surface area (Å²) in [5, 5.41) is 0. The molecule has 3 aliphatic rings. The molecule has 3 aliphatic heterocycles. The first-order chi connectivity index (χ1) is 21.7. The Kier molecular flexibility index (Phi) is 10.1. The summed E-state index contributed by atoms with van der Waals surface area (Å²) in [5.41, 5.74) is 8.16. The van der Waals surface area contributed by atoms with Crippen molar-refractivity contribution < 1.29 is 40.1 Å². The SMILES string of the molecule is CC(=O)C1=CN(CCCS(=O)(=O)O)C2=N/C(=C/C=C/C=C/C3=Nc4c(cc(C(N)=O)c[n+]4CCCS(=O)(=O)O)C3(C)C)C(C)(C)C2=C1. The number of amidine groups is 1. The van der Waals surface area contributed by atoms with Crippen molar-refractivity contribution in [3.05, 3.63) is 82.9 Å². The monoisotopic (exact) mass is 686 g/mol. The van der Waals surface area contributed by atoms with Gasteiger partial charge in [0.2, 0.25) is 0 Å². The number of fused-ring (bicyclic) bond motifs is 2. The van der Waals surface area contributed by atoms with Crippen molar-refractivity contribution in [2.75, 3.05) is 18.1 Å². The minimum atomic E-state index is -4.15. The van der Waals surface area contributed by atoms with E-state index in [-0.39, 0.29) is 37.3 Å². The average Bonchev–Trinajstić information content (AvgIpc) is 3.35. The summed E-state index contributed by atoms with van der Waals surface area (Å²) in [6.45, 7) is 9.80. The fraction of sp³-hybridized carbons (Fsp3) is 0.406. The fourth-order valence-electron chi connectivity index (χ4n) is 5.59. The standard InChI is InChI=1S/C32H39N5O8S2/c1-21(38)22-17-24-29(36(19-22)13-9-15-46(40,41)42)34-26(31(24,2)3)11-7-6-8-12-27-32(4,5)25-18-23(28(33)39)20-37(30(25)35-27)14-10-16-47(43,44)45/h6-8,11-12,17-20H,9-10,13-16H2,1-5H3,(H3-,33,39,40,41,42,43,44,45)/p+1. The van der Waals surface area contributed by atoms with Crippen LogP contribution in [0.2, 0.25) is 0 Å². The molecule has 47 heavy (non-hydrogen) atoms. The lowest BCUT2D eigenvalue weighted by Gasteiger charge is -2.30. The molecule has 0 atom stereocenters. The number of nitrogens with zero attached hydrogens (tertiary/aromatic N) is 4. The van der Waals surface area contributed by atoms with Crippen LogP contribution in [0.4, 0.5) is 5.82 Å². The lowest BCUT2D eigenvalue weighted by Crippen LogP contribution is -2.37. The van der Waals surface area contributed by atoms with Crippen LogP contribution in [0, 0.1) is 5.41 Å². The number of amides is 1. The largest absolute Gasteiger partial charge is 0.365 e. The highest BCUT2D eigenvalue weighted by Gasteiger charge is 2.43. The number of aromatic nitrogens is 1. The summed E-state index contributed by atoms with van der Waals surface area (Å²) in [4.78, 5) is 35.7. The van der Waals surface area contributed by atoms with E-state index in [0.29, 0.717) is 22.9 Å². The van der Waals surface area contributed by atoms with Crippen LogP contribution < -0.4 is 10.3 Å². The Morgan fingerprint density at radius 1 is 0.979 bits per heavy atom. The highest BCUT2D eigenvalue weighted by molar-refractivity contribution is 7.86. The predicted molar refractivity (Wildman–Crippen MR) is 178 cm³/mol. The number of aliphatic imine (C=N–C) groups is 2. The van der Waals surface area contributed by atoms with Gasteiger partial charge in [-0.3, -0.25) is 18.7 Å². The maximum atomic E-state index is 12.3. The van der Waals surface area contributed by atoms with Crippen LogP contribution in [0.1, 0.15) is 63.4 Å². The molecule has 252 valence electrons. The first kappa shape index (κ1) is 35.8. The Hall–Kier alpha value is -4.05. The molecule has 15 heteroatoms. The zero-order valence-electron chi connectivity index (χ0n) is 27.0. The number of primary amides is 1. The number of ketones is 1. The third-order valence-electron chi connectivity index (χ3n) is 8.32. The van der Waals surface area contributed by atoms with Gasteiger partial charge in [0.15, 0.2) is 11.5 Å². The van der Waals surface area contributed by atoms with E-state index in [1.807, 2.05) is 64.2 Å². The first-order valence-electron chi connectivity index (χ1n) is 14.9. The van der Waals surface area contributed by atoms with E-state index in [1.54, 1.807) is 21.7 Å². The quantitative estimate of drug-likeness (QED) is 0.158. The molecule has 0 radical (unpaired) electrons. The van der Waals surface area contributed by atoms with E-state index >= 15 is 0 Å². The summed E-state index contributed by atoms with van der Waals surface area (Å²) < 4.78 is 64.9. The molecule has 0 fully saturated rings. The predicted octanol–water partition coefficient (Wildman–Crippen LogP) is 3.14. The molecule has 1 amide bonds. The van der Waals surface area contributed by atoms with Gasteiger partial charge in [0.05, 0.1) is 40.3 Å². The summed E-state index contributed by atoms with van der Waals surface area (Å²) in [6.07, 6.45) is 14.4. The lowest BCUT2D eigenvalue weighted by molar-refractivity contribution is -0.684. The Bertz CT molecular complexity index is 1950. The molecule has 0 saturated heterocycles. The van der Waals surface area contributed by atoms with Gasteiger partial charge in [0.25, 0.3) is 26.1 Å². The summed E-state index contributed by atoms with van der Waals surface area (Å²) in [7, 11) is -8.27. The molecule has 0 saturated carbocycles.